The van der Waals surface area contributed by atoms with E-state index in [0.717, 1.165) is 12.3 Å². The number of nitrogens with zero attached hydrogens (tertiary/aromatic N) is 5. The van der Waals surface area contributed by atoms with Crippen LogP contribution in [0.2, 0.25) is 0 Å². The van der Waals surface area contributed by atoms with Gasteiger partial charge >= 0.3 is 11.9 Å². The van der Waals surface area contributed by atoms with E-state index in [2.05, 4.69) is 35.2 Å². The molecule has 0 unspecified atom stereocenters. The minimum atomic E-state index is -4.56. The topological polar surface area (TPSA) is 136 Å². The number of alkyl halides is 3. The Kier molecular flexibility index (Phi) is 4.63. The maximum atomic E-state index is 13.1. The highest BCUT2D eigenvalue weighted by Gasteiger charge is 2.31. The van der Waals surface area contributed by atoms with Crippen LogP contribution in [0, 0.1) is 11.3 Å². The van der Waals surface area contributed by atoms with Crippen LogP contribution < -0.4 is 11.0 Å². The molecule has 4 heterocycles. The molecule has 0 radical (unpaired) electrons. The van der Waals surface area contributed by atoms with Crippen LogP contribution in [0.25, 0.3) is 22.3 Å². The molecule has 0 saturated carbocycles. The lowest BCUT2D eigenvalue weighted by molar-refractivity contribution is -0.137. The summed E-state index contributed by atoms with van der Waals surface area (Å²) in [6.07, 6.45) is 1.74. The number of rotatable bonds is 4. The summed E-state index contributed by atoms with van der Waals surface area (Å²) in [6, 6.07) is 2.90. The van der Waals surface area contributed by atoms with E-state index in [4.69, 9.17) is 0 Å². The minimum Gasteiger partial charge on any atom is -0.350 e. The molecule has 0 bridgehead atoms. The van der Waals surface area contributed by atoms with Crippen LogP contribution >= 0.6 is 0 Å². The summed E-state index contributed by atoms with van der Waals surface area (Å²) in [5.41, 5.74) is 0.0153. The van der Waals surface area contributed by atoms with Crippen LogP contribution in [-0.4, -0.2) is 29.9 Å². The summed E-state index contributed by atoms with van der Waals surface area (Å²) in [6.45, 7) is 0.225. The van der Waals surface area contributed by atoms with Gasteiger partial charge in [0.1, 0.15) is 11.7 Å². The zero-order chi connectivity index (χ0) is 21.3. The van der Waals surface area contributed by atoms with Gasteiger partial charge in [-0.25, -0.2) is 24.7 Å². The predicted octanol–water partition coefficient (Wildman–Crippen LogP) is 2.61. The first-order valence-electron chi connectivity index (χ1n) is 8.44. The van der Waals surface area contributed by atoms with Crippen molar-refractivity contribution in [2.45, 2.75) is 12.7 Å². The molecule has 0 aliphatic rings. The van der Waals surface area contributed by atoms with Crippen LogP contribution in [0.1, 0.15) is 16.7 Å². The quantitative estimate of drug-likeness (QED) is 0.469. The van der Waals surface area contributed by atoms with Crippen LogP contribution in [0.15, 0.2) is 41.8 Å². The Morgan fingerprint density at radius 3 is 2.63 bits per heavy atom. The number of H-pyrrole nitrogens is 2. The number of aromatic nitrogens is 6. The predicted molar refractivity (Wildman–Crippen MR) is 99.0 cm³/mol. The van der Waals surface area contributed by atoms with Crippen molar-refractivity contribution in [2.24, 2.45) is 0 Å². The summed E-state index contributed by atoms with van der Waals surface area (Å²) in [4.78, 5) is 32.0. The summed E-state index contributed by atoms with van der Waals surface area (Å²) in [5, 5.41) is 12.5. The highest BCUT2D eigenvalue weighted by Crippen LogP contribution is 2.34. The third kappa shape index (κ3) is 3.68. The Morgan fingerprint density at radius 2 is 1.93 bits per heavy atom. The third-order valence-corrected chi connectivity index (χ3v) is 4.20. The molecule has 0 saturated heterocycles. The first-order chi connectivity index (χ1) is 14.3. The zero-order valence-electron chi connectivity index (χ0n) is 14.9. The van der Waals surface area contributed by atoms with Gasteiger partial charge in [0, 0.05) is 47.8 Å². The van der Waals surface area contributed by atoms with Crippen LogP contribution in [0.4, 0.5) is 19.1 Å². The molecule has 0 aromatic carbocycles. The lowest BCUT2D eigenvalue weighted by atomic mass is 10.1. The molecular formula is C18H11F3N8O. The summed E-state index contributed by atoms with van der Waals surface area (Å²) >= 11 is 0. The van der Waals surface area contributed by atoms with Crippen molar-refractivity contribution >= 4 is 17.0 Å². The fourth-order valence-electron chi connectivity index (χ4n) is 2.76. The number of fused-ring (bicyclic) bond motifs is 1. The van der Waals surface area contributed by atoms with Crippen molar-refractivity contribution in [2.75, 3.05) is 5.32 Å². The molecule has 0 spiro atoms. The van der Waals surface area contributed by atoms with E-state index in [1.807, 2.05) is 6.07 Å². The number of nitriles is 1. The van der Waals surface area contributed by atoms with Gasteiger partial charge in [0.25, 0.3) is 0 Å². The van der Waals surface area contributed by atoms with Gasteiger partial charge in [-0.05, 0) is 6.07 Å². The molecule has 12 heteroatoms. The van der Waals surface area contributed by atoms with Gasteiger partial charge in [0.15, 0.2) is 0 Å². The fourth-order valence-corrected chi connectivity index (χ4v) is 2.76. The fraction of sp³-hybridized carbons (Fsp3) is 0.111. The molecule has 150 valence electrons. The molecule has 0 atom stereocenters. The van der Waals surface area contributed by atoms with Crippen LogP contribution in [-0.2, 0) is 12.7 Å². The Hall–Kier alpha value is -4.27. The molecule has 30 heavy (non-hydrogen) atoms. The molecule has 4 rings (SSSR count). The van der Waals surface area contributed by atoms with Crippen molar-refractivity contribution in [1.29, 1.82) is 5.26 Å². The molecule has 4 aromatic rings. The number of aromatic amines is 2. The maximum absolute atomic E-state index is 13.1. The van der Waals surface area contributed by atoms with Crippen molar-refractivity contribution < 1.29 is 13.2 Å². The summed E-state index contributed by atoms with van der Waals surface area (Å²) < 4.78 is 39.3. The molecule has 3 N–H and O–H groups in total. The second kappa shape index (κ2) is 7.28. The van der Waals surface area contributed by atoms with Gasteiger partial charge in [0.2, 0.25) is 5.95 Å². The van der Waals surface area contributed by atoms with E-state index < -0.39 is 17.4 Å². The SMILES string of the molecule is N#Cc1cnc(NCc2cnc(=O)[nH]c2)nc1-c1c[nH]c2ncc(C(F)(F)F)cc12. The molecule has 9 nitrogen and oxygen atoms in total. The highest BCUT2D eigenvalue weighted by molar-refractivity contribution is 5.94. The third-order valence-electron chi connectivity index (χ3n) is 4.20. The van der Waals surface area contributed by atoms with Gasteiger partial charge in [-0.1, -0.05) is 0 Å². The molecule has 4 aromatic heterocycles. The van der Waals surface area contributed by atoms with Crippen molar-refractivity contribution in [3.8, 4) is 17.3 Å². The van der Waals surface area contributed by atoms with Crippen molar-refractivity contribution in [1.82, 2.24) is 29.9 Å². The van der Waals surface area contributed by atoms with E-state index >= 15 is 0 Å². The van der Waals surface area contributed by atoms with Gasteiger partial charge in [-0.2, -0.15) is 18.4 Å². The second-order valence-corrected chi connectivity index (χ2v) is 6.17. The standard InChI is InChI=1S/C18H11F3N8O/c19-18(20,21)11-1-12-13(8-24-15(12)23-7-11)14-10(2-22)6-26-16(29-14)25-3-9-4-27-17(30)28-5-9/h1,4-8H,3H2,(H,23,24)(H,25,26,29)(H,27,28,30). The molecule has 0 amide bonds. The lowest BCUT2D eigenvalue weighted by Crippen LogP contribution is -2.11. The van der Waals surface area contributed by atoms with Gasteiger partial charge in [-0.15, -0.1) is 0 Å². The van der Waals surface area contributed by atoms with Crippen LogP contribution in [0.3, 0.4) is 0 Å². The first kappa shape index (κ1) is 19.1. The average Bonchev–Trinajstić information content (AvgIpc) is 3.15. The van der Waals surface area contributed by atoms with Gasteiger partial charge < -0.3 is 15.3 Å². The Bertz CT molecular complexity index is 1320. The monoisotopic (exact) mass is 412 g/mol. The molecular weight excluding hydrogens is 401 g/mol. The number of anilines is 1. The molecule has 0 aliphatic heterocycles. The smallest absolute Gasteiger partial charge is 0.350 e. The summed E-state index contributed by atoms with van der Waals surface area (Å²) in [7, 11) is 0. The van der Waals surface area contributed by atoms with E-state index in [0.29, 0.717) is 5.56 Å². The number of hydrogen-bond donors (Lipinski definition) is 3. The van der Waals surface area contributed by atoms with E-state index in [-0.39, 0.29) is 40.3 Å². The number of hydrogen-bond acceptors (Lipinski definition) is 7. The number of pyridine rings is 1. The zero-order valence-corrected chi connectivity index (χ0v) is 14.9. The first-order valence-corrected chi connectivity index (χ1v) is 8.44. The van der Waals surface area contributed by atoms with Gasteiger partial charge in [-0.3, -0.25) is 0 Å². The van der Waals surface area contributed by atoms with Crippen molar-refractivity contribution in [3.05, 3.63) is 64.2 Å². The van der Waals surface area contributed by atoms with E-state index in [9.17, 15) is 23.2 Å². The average molecular weight is 412 g/mol. The van der Waals surface area contributed by atoms with E-state index in [1.54, 1.807) is 0 Å². The van der Waals surface area contributed by atoms with Crippen molar-refractivity contribution in [3.63, 3.8) is 0 Å². The lowest BCUT2D eigenvalue weighted by Gasteiger charge is -2.09. The Morgan fingerprint density at radius 1 is 1.10 bits per heavy atom. The molecule has 0 aliphatic carbocycles. The number of nitrogens with one attached hydrogen (secondary N) is 3. The summed E-state index contributed by atoms with van der Waals surface area (Å²) in [5.74, 6) is 0.143. The highest BCUT2D eigenvalue weighted by atomic mass is 19.4. The van der Waals surface area contributed by atoms with E-state index in [1.165, 1.54) is 24.8 Å². The molecule has 0 fully saturated rings. The largest absolute Gasteiger partial charge is 0.417 e. The minimum absolute atomic E-state index is 0.0876. The second-order valence-electron chi connectivity index (χ2n) is 6.17. The maximum Gasteiger partial charge on any atom is 0.417 e. The Balaban J connectivity index is 1.73. The normalized spacial score (nSPS) is 11.4. The van der Waals surface area contributed by atoms with Crippen LogP contribution in [0.5, 0.6) is 0 Å². The number of halogens is 3. The Labute approximate surface area is 165 Å². The van der Waals surface area contributed by atoms with Gasteiger partial charge in [0.05, 0.1) is 23.0 Å².